The number of fused-ring (bicyclic) bond motifs is 1. The summed E-state index contributed by atoms with van der Waals surface area (Å²) in [6.07, 6.45) is 0.0120. The molecular formula is C10H12FNO. The van der Waals surface area contributed by atoms with Crippen molar-refractivity contribution in [2.24, 2.45) is 5.73 Å². The molecule has 0 amide bonds. The highest BCUT2D eigenvalue weighted by molar-refractivity contribution is 5.32. The van der Waals surface area contributed by atoms with Crippen molar-refractivity contribution in [3.8, 4) is 0 Å². The molecule has 0 radical (unpaired) electrons. The Balaban J connectivity index is 2.44. The molecule has 1 aliphatic rings. The molecule has 2 N–H and O–H groups in total. The maximum Gasteiger partial charge on any atom is 0.123 e. The van der Waals surface area contributed by atoms with Crippen molar-refractivity contribution >= 4 is 0 Å². The Bertz CT molecular complexity index is 327. The van der Waals surface area contributed by atoms with E-state index < -0.39 is 0 Å². The third kappa shape index (κ3) is 1.45. The molecule has 2 nitrogen and oxygen atoms in total. The van der Waals surface area contributed by atoms with Gasteiger partial charge in [-0.25, -0.2) is 4.39 Å². The summed E-state index contributed by atoms with van der Waals surface area (Å²) in [7, 11) is 0. The molecule has 2 atom stereocenters. The highest BCUT2D eigenvalue weighted by Crippen LogP contribution is 2.27. The fourth-order valence-corrected chi connectivity index (χ4v) is 1.60. The molecule has 0 saturated heterocycles. The van der Waals surface area contributed by atoms with Gasteiger partial charge in [0.25, 0.3) is 0 Å². The summed E-state index contributed by atoms with van der Waals surface area (Å²) in [5.74, 6) is -0.232. The number of hydrogen-bond donors (Lipinski definition) is 1. The van der Waals surface area contributed by atoms with Crippen molar-refractivity contribution in [3.05, 3.63) is 35.1 Å². The van der Waals surface area contributed by atoms with E-state index in [0.29, 0.717) is 6.61 Å². The first-order chi connectivity index (χ1) is 6.18. The van der Waals surface area contributed by atoms with Gasteiger partial charge < -0.3 is 10.5 Å². The molecule has 0 bridgehead atoms. The molecule has 2 rings (SSSR count). The number of rotatable bonds is 0. The van der Waals surface area contributed by atoms with E-state index in [1.54, 1.807) is 6.07 Å². The van der Waals surface area contributed by atoms with Crippen molar-refractivity contribution in [2.75, 3.05) is 0 Å². The second kappa shape index (κ2) is 3.09. The SMILES string of the molecule is C[C@@H]1OCc2cc(F)ccc2C1N. The van der Waals surface area contributed by atoms with E-state index in [2.05, 4.69) is 0 Å². The van der Waals surface area contributed by atoms with Gasteiger partial charge in [0.2, 0.25) is 0 Å². The average Bonchev–Trinajstić information content (AvgIpc) is 2.12. The lowest BCUT2D eigenvalue weighted by molar-refractivity contribution is 0.0212. The quantitative estimate of drug-likeness (QED) is 0.661. The molecule has 1 aromatic carbocycles. The molecule has 1 unspecified atom stereocenters. The first-order valence-corrected chi connectivity index (χ1v) is 4.34. The zero-order valence-electron chi connectivity index (χ0n) is 7.46. The fourth-order valence-electron chi connectivity index (χ4n) is 1.60. The van der Waals surface area contributed by atoms with Crippen LogP contribution < -0.4 is 5.73 Å². The van der Waals surface area contributed by atoms with E-state index in [0.717, 1.165) is 11.1 Å². The summed E-state index contributed by atoms with van der Waals surface area (Å²) in [5, 5.41) is 0. The molecule has 13 heavy (non-hydrogen) atoms. The van der Waals surface area contributed by atoms with Gasteiger partial charge in [0.15, 0.2) is 0 Å². The van der Waals surface area contributed by atoms with Crippen LogP contribution in [0.5, 0.6) is 0 Å². The second-order valence-corrected chi connectivity index (χ2v) is 3.39. The smallest absolute Gasteiger partial charge is 0.123 e. The zero-order chi connectivity index (χ0) is 9.42. The Kier molecular flexibility index (Phi) is 2.06. The molecule has 0 aromatic heterocycles. The number of hydrogen-bond acceptors (Lipinski definition) is 2. The van der Waals surface area contributed by atoms with Gasteiger partial charge in [-0.3, -0.25) is 0 Å². The van der Waals surface area contributed by atoms with E-state index in [4.69, 9.17) is 10.5 Å². The molecule has 0 spiro atoms. The Hall–Kier alpha value is -0.930. The van der Waals surface area contributed by atoms with E-state index in [1.807, 2.05) is 6.92 Å². The summed E-state index contributed by atoms with van der Waals surface area (Å²) < 4.78 is 18.2. The molecule has 1 heterocycles. The van der Waals surface area contributed by atoms with Crippen LogP contribution in [-0.4, -0.2) is 6.10 Å². The fraction of sp³-hybridized carbons (Fsp3) is 0.400. The van der Waals surface area contributed by atoms with Crippen LogP contribution in [0.2, 0.25) is 0 Å². The number of nitrogens with two attached hydrogens (primary N) is 1. The Morgan fingerprint density at radius 1 is 1.54 bits per heavy atom. The van der Waals surface area contributed by atoms with Crippen LogP contribution in [0.3, 0.4) is 0 Å². The molecule has 70 valence electrons. The summed E-state index contributed by atoms with van der Waals surface area (Å²) in [5.41, 5.74) is 7.76. The molecule has 0 aliphatic carbocycles. The van der Waals surface area contributed by atoms with Gasteiger partial charge in [0, 0.05) is 0 Å². The first kappa shape index (κ1) is 8.66. The standard InChI is InChI=1S/C10H12FNO/c1-6-10(12)9-3-2-8(11)4-7(9)5-13-6/h2-4,6,10H,5,12H2,1H3/t6-,10?/m0/s1. The monoisotopic (exact) mass is 181 g/mol. The van der Waals surface area contributed by atoms with Crippen LogP contribution in [0.4, 0.5) is 4.39 Å². The number of ether oxygens (including phenoxy) is 1. The van der Waals surface area contributed by atoms with Crippen molar-refractivity contribution in [2.45, 2.75) is 25.7 Å². The van der Waals surface area contributed by atoms with Crippen LogP contribution >= 0.6 is 0 Å². The molecule has 0 saturated carbocycles. The Morgan fingerprint density at radius 3 is 3.08 bits per heavy atom. The predicted molar refractivity (Wildman–Crippen MR) is 47.6 cm³/mol. The van der Waals surface area contributed by atoms with Gasteiger partial charge in [-0.1, -0.05) is 6.07 Å². The normalized spacial score (nSPS) is 27.0. The summed E-state index contributed by atoms with van der Waals surface area (Å²) in [6, 6.07) is 4.54. The van der Waals surface area contributed by atoms with Crippen LogP contribution in [0.15, 0.2) is 18.2 Å². The number of benzene rings is 1. The van der Waals surface area contributed by atoms with Crippen LogP contribution in [0.25, 0.3) is 0 Å². The van der Waals surface area contributed by atoms with Crippen LogP contribution in [0, 0.1) is 5.82 Å². The first-order valence-electron chi connectivity index (χ1n) is 4.34. The van der Waals surface area contributed by atoms with Gasteiger partial charge in [-0.15, -0.1) is 0 Å². The Labute approximate surface area is 76.5 Å². The van der Waals surface area contributed by atoms with E-state index >= 15 is 0 Å². The highest BCUT2D eigenvalue weighted by Gasteiger charge is 2.23. The maximum atomic E-state index is 12.8. The summed E-state index contributed by atoms with van der Waals surface area (Å²) in [6.45, 7) is 2.39. The lowest BCUT2D eigenvalue weighted by Gasteiger charge is -2.28. The Morgan fingerprint density at radius 2 is 2.31 bits per heavy atom. The van der Waals surface area contributed by atoms with Crippen LogP contribution in [-0.2, 0) is 11.3 Å². The molecular weight excluding hydrogens is 169 g/mol. The van der Waals surface area contributed by atoms with Gasteiger partial charge in [0.1, 0.15) is 5.82 Å². The summed E-state index contributed by atoms with van der Waals surface area (Å²) >= 11 is 0. The van der Waals surface area contributed by atoms with E-state index in [-0.39, 0.29) is 18.0 Å². The lowest BCUT2D eigenvalue weighted by atomic mass is 9.95. The van der Waals surface area contributed by atoms with Gasteiger partial charge >= 0.3 is 0 Å². The van der Waals surface area contributed by atoms with Gasteiger partial charge in [-0.2, -0.15) is 0 Å². The van der Waals surface area contributed by atoms with Crippen molar-refractivity contribution in [1.29, 1.82) is 0 Å². The zero-order valence-corrected chi connectivity index (χ0v) is 7.46. The molecule has 3 heteroatoms. The van der Waals surface area contributed by atoms with Crippen molar-refractivity contribution in [1.82, 2.24) is 0 Å². The van der Waals surface area contributed by atoms with Gasteiger partial charge in [-0.05, 0) is 30.2 Å². The highest BCUT2D eigenvalue weighted by atomic mass is 19.1. The minimum Gasteiger partial charge on any atom is -0.372 e. The van der Waals surface area contributed by atoms with Crippen LogP contribution in [0.1, 0.15) is 24.1 Å². The topological polar surface area (TPSA) is 35.2 Å². The minimum absolute atomic E-state index is 0.0120. The third-order valence-electron chi connectivity index (χ3n) is 2.47. The van der Waals surface area contributed by atoms with E-state index in [1.165, 1.54) is 12.1 Å². The van der Waals surface area contributed by atoms with Crippen molar-refractivity contribution in [3.63, 3.8) is 0 Å². The summed E-state index contributed by atoms with van der Waals surface area (Å²) in [4.78, 5) is 0. The molecule has 1 aliphatic heterocycles. The lowest BCUT2D eigenvalue weighted by Crippen LogP contribution is -2.31. The molecule has 1 aromatic rings. The largest absolute Gasteiger partial charge is 0.372 e. The predicted octanol–water partition coefficient (Wildman–Crippen LogP) is 1.74. The average molecular weight is 181 g/mol. The number of halogens is 1. The third-order valence-corrected chi connectivity index (χ3v) is 2.47. The van der Waals surface area contributed by atoms with Gasteiger partial charge in [0.05, 0.1) is 18.8 Å². The maximum absolute atomic E-state index is 12.8. The van der Waals surface area contributed by atoms with E-state index in [9.17, 15) is 4.39 Å². The second-order valence-electron chi connectivity index (χ2n) is 3.39. The molecule has 0 fully saturated rings. The minimum atomic E-state index is -0.232. The van der Waals surface area contributed by atoms with Crippen molar-refractivity contribution < 1.29 is 9.13 Å².